The second-order valence-corrected chi connectivity index (χ2v) is 3.00. The number of ether oxygens (including phenoxy) is 2. The van der Waals surface area contributed by atoms with Crippen LogP contribution in [0.2, 0.25) is 0 Å². The topological polar surface area (TPSA) is 55.8 Å². The Balaban J connectivity index is 2.87. The fourth-order valence-electron chi connectivity index (χ4n) is 0.916. The fraction of sp³-hybridized carbons (Fsp3) is 0.182. The van der Waals surface area contributed by atoms with Crippen LogP contribution in [0.4, 0.5) is 0 Å². The van der Waals surface area contributed by atoms with E-state index >= 15 is 0 Å². The van der Waals surface area contributed by atoms with E-state index in [0.29, 0.717) is 11.3 Å². The van der Waals surface area contributed by atoms with Gasteiger partial charge < -0.3 is 14.6 Å². The minimum Gasteiger partial charge on any atom is -0.504 e. The Kier molecular flexibility index (Phi) is 3.33. The zero-order valence-electron chi connectivity index (χ0n) is 8.61. The highest BCUT2D eigenvalue weighted by molar-refractivity contribution is 5.88. The molecule has 0 aliphatic rings. The van der Waals surface area contributed by atoms with Gasteiger partial charge in [-0.25, -0.2) is 4.79 Å². The van der Waals surface area contributed by atoms with Gasteiger partial charge in [0.1, 0.15) is 5.75 Å². The predicted octanol–water partition coefficient (Wildman–Crippen LogP) is 1.88. The Bertz CT molecular complexity index is 396. The average Bonchev–Trinajstić information content (AvgIpc) is 2.20. The molecule has 80 valence electrons. The van der Waals surface area contributed by atoms with Crippen LogP contribution in [0.3, 0.4) is 0 Å². The highest BCUT2D eigenvalue weighted by Gasteiger charge is 2.08. The van der Waals surface area contributed by atoms with Crippen molar-refractivity contribution < 1.29 is 19.4 Å². The first-order valence-electron chi connectivity index (χ1n) is 4.29. The molecule has 0 aliphatic carbocycles. The van der Waals surface area contributed by atoms with Crippen LogP contribution in [0.15, 0.2) is 30.4 Å². The summed E-state index contributed by atoms with van der Waals surface area (Å²) < 4.78 is 9.81. The van der Waals surface area contributed by atoms with Gasteiger partial charge in [-0.2, -0.15) is 0 Å². The number of hydrogen-bond acceptors (Lipinski definition) is 4. The second kappa shape index (κ2) is 4.50. The number of aromatic hydroxyl groups is 1. The second-order valence-electron chi connectivity index (χ2n) is 3.00. The van der Waals surface area contributed by atoms with Gasteiger partial charge in [0.25, 0.3) is 0 Å². The minimum absolute atomic E-state index is 0.00683. The van der Waals surface area contributed by atoms with E-state index < -0.39 is 5.97 Å². The van der Waals surface area contributed by atoms with Crippen LogP contribution in [0.1, 0.15) is 6.92 Å². The summed E-state index contributed by atoms with van der Waals surface area (Å²) in [4.78, 5) is 11.2. The van der Waals surface area contributed by atoms with Crippen LogP contribution in [-0.4, -0.2) is 18.2 Å². The summed E-state index contributed by atoms with van der Waals surface area (Å²) in [5.74, 6) is 0.0371. The first-order chi connectivity index (χ1) is 7.04. The van der Waals surface area contributed by atoms with Gasteiger partial charge >= 0.3 is 5.97 Å². The molecule has 0 spiro atoms. The van der Waals surface area contributed by atoms with Crippen molar-refractivity contribution in [3.63, 3.8) is 0 Å². The molecule has 4 nitrogen and oxygen atoms in total. The quantitative estimate of drug-likeness (QED) is 0.468. The van der Waals surface area contributed by atoms with Crippen molar-refractivity contribution in [3.05, 3.63) is 30.4 Å². The molecule has 1 N–H and O–H groups in total. The average molecular weight is 208 g/mol. The Labute approximate surface area is 87.7 Å². The number of hydrogen-bond donors (Lipinski definition) is 1. The molecule has 0 radical (unpaired) electrons. The van der Waals surface area contributed by atoms with Gasteiger partial charge in [0.2, 0.25) is 0 Å². The van der Waals surface area contributed by atoms with Gasteiger partial charge in [0.05, 0.1) is 7.11 Å². The highest BCUT2D eigenvalue weighted by atomic mass is 16.5. The van der Waals surface area contributed by atoms with Crippen LogP contribution in [-0.2, 0) is 4.79 Å². The van der Waals surface area contributed by atoms with E-state index in [-0.39, 0.29) is 11.5 Å². The Morgan fingerprint density at radius 2 is 2.13 bits per heavy atom. The van der Waals surface area contributed by atoms with Gasteiger partial charge in [-0.05, 0) is 19.1 Å². The summed E-state index contributed by atoms with van der Waals surface area (Å²) in [6.07, 6.45) is 0. The molecule has 0 aliphatic heterocycles. The molecule has 0 saturated heterocycles. The number of esters is 1. The first kappa shape index (κ1) is 11.1. The van der Waals surface area contributed by atoms with Crippen molar-refractivity contribution in [3.8, 4) is 17.2 Å². The molecule has 0 fully saturated rings. The highest BCUT2D eigenvalue weighted by Crippen LogP contribution is 2.29. The number of methoxy groups -OCH3 is 1. The van der Waals surface area contributed by atoms with E-state index in [0.717, 1.165) is 0 Å². The van der Waals surface area contributed by atoms with E-state index in [1.54, 1.807) is 6.92 Å². The molecule has 4 heteroatoms. The third-order valence-corrected chi connectivity index (χ3v) is 1.71. The number of phenolic OH excluding ortho intramolecular Hbond substituents is 1. The van der Waals surface area contributed by atoms with Crippen LogP contribution in [0, 0.1) is 0 Å². The molecule has 0 atom stereocenters. The summed E-state index contributed by atoms with van der Waals surface area (Å²) in [6.45, 7) is 5.01. The lowest BCUT2D eigenvalue weighted by molar-refractivity contribution is -0.130. The van der Waals surface area contributed by atoms with E-state index in [9.17, 15) is 9.90 Å². The standard InChI is InChI=1S/C11H12O4/c1-7(2)11(13)15-8-4-5-9(12)10(6-8)14-3/h4-6,12H,1H2,2-3H3. The molecular weight excluding hydrogens is 196 g/mol. The van der Waals surface area contributed by atoms with Crippen molar-refractivity contribution >= 4 is 5.97 Å². The lowest BCUT2D eigenvalue weighted by Crippen LogP contribution is -2.08. The summed E-state index contributed by atoms with van der Waals surface area (Å²) in [5.41, 5.74) is 0.307. The maximum atomic E-state index is 11.2. The van der Waals surface area contributed by atoms with Crippen LogP contribution in [0.25, 0.3) is 0 Å². The van der Waals surface area contributed by atoms with Crippen LogP contribution >= 0.6 is 0 Å². The molecule has 1 aromatic rings. The minimum atomic E-state index is -0.511. The third kappa shape index (κ3) is 2.74. The molecule has 0 bridgehead atoms. The predicted molar refractivity (Wildman–Crippen MR) is 55.1 cm³/mol. The number of carbonyl (C=O) groups is 1. The van der Waals surface area contributed by atoms with E-state index in [4.69, 9.17) is 9.47 Å². The van der Waals surface area contributed by atoms with E-state index in [1.165, 1.54) is 25.3 Å². The molecule has 0 unspecified atom stereocenters. The first-order valence-corrected chi connectivity index (χ1v) is 4.29. The van der Waals surface area contributed by atoms with Crippen molar-refractivity contribution in [2.24, 2.45) is 0 Å². The largest absolute Gasteiger partial charge is 0.504 e. The number of benzene rings is 1. The van der Waals surface area contributed by atoms with Crippen molar-refractivity contribution in [2.75, 3.05) is 7.11 Å². The lowest BCUT2D eigenvalue weighted by Gasteiger charge is -2.07. The molecule has 1 aromatic carbocycles. The van der Waals surface area contributed by atoms with Crippen molar-refractivity contribution in [1.29, 1.82) is 0 Å². The van der Waals surface area contributed by atoms with E-state index in [2.05, 4.69) is 6.58 Å². The Morgan fingerprint density at radius 3 is 2.67 bits per heavy atom. The third-order valence-electron chi connectivity index (χ3n) is 1.71. The van der Waals surface area contributed by atoms with Gasteiger partial charge in [0.15, 0.2) is 11.5 Å². The number of phenols is 1. The lowest BCUT2D eigenvalue weighted by atomic mass is 10.3. The van der Waals surface area contributed by atoms with E-state index in [1.807, 2.05) is 0 Å². The maximum Gasteiger partial charge on any atom is 0.338 e. The number of rotatable bonds is 3. The molecular formula is C11H12O4. The molecule has 0 amide bonds. The van der Waals surface area contributed by atoms with Crippen LogP contribution in [0.5, 0.6) is 17.2 Å². The SMILES string of the molecule is C=C(C)C(=O)Oc1ccc(O)c(OC)c1. The van der Waals surface area contributed by atoms with Gasteiger partial charge in [-0.1, -0.05) is 6.58 Å². The summed E-state index contributed by atoms with van der Waals surface area (Å²) in [5, 5.41) is 9.30. The summed E-state index contributed by atoms with van der Waals surface area (Å²) in [6, 6.07) is 4.29. The zero-order chi connectivity index (χ0) is 11.4. The smallest absolute Gasteiger partial charge is 0.338 e. The molecule has 0 heterocycles. The number of carbonyl (C=O) groups excluding carboxylic acids is 1. The summed E-state index contributed by atoms with van der Waals surface area (Å²) in [7, 11) is 1.42. The van der Waals surface area contributed by atoms with Gasteiger partial charge in [-0.15, -0.1) is 0 Å². The molecule has 0 saturated carbocycles. The van der Waals surface area contributed by atoms with Gasteiger partial charge in [0, 0.05) is 11.6 Å². The van der Waals surface area contributed by atoms with Crippen molar-refractivity contribution in [1.82, 2.24) is 0 Å². The molecule has 15 heavy (non-hydrogen) atoms. The normalized spacial score (nSPS) is 9.47. The van der Waals surface area contributed by atoms with Gasteiger partial charge in [-0.3, -0.25) is 0 Å². The van der Waals surface area contributed by atoms with Crippen molar-refractivity contribution in [2.45, 2.75) is 6.92 Å². The van der Waals surface area contributed by atoms with Crippen LogP contribution < -0.4 is 9.47 Å². The fourth-order valence-corrected chi connectivity index (χ4v) is 0.916. The monoisotopic (exact) mass is 208 g/mol. The maximum absolute atomic E-state index is 11.2. The Hall–Kier alpha value is -1.97. The zero-order valence-corrected chi connectivity index (χ0v) is 8.61. The molecule has 1 rings (SSSR count). The Morgan fingerprint density at radius 1 is 1.47 bits per heavy atom. The summed E-state index contributed by atoms with van der Waals surface area (Å²) >= 11 is 0. The molecule has 0 aromatic heterocycles.